The predicted octanol–water partition coefficient (Wildman–Crippen LogP) is 4.89. The molecule has 2 amide bonds. The van der Waals surface area contributed by atoms with Crippen LogP contribution in [0.1, 0.15) is 54.9 Å². The Morgan fingerprint density at radius 3 is 2.38 bits per heavy atom. The first-order valence-corrected chi connectivity index (χ1v) is 10.9. The van der Waals surface area contributed by atoms with Crippen LogP contribution in [0.4, 0.5) is 5.82 Å². The zero-order chi connectivity index (χ0) is 23.5. The van der Waals surface area contributed by atoms with Gasteiger partial charge < -0.3 is 10.2 Å². The third kappa shape index (κ3) is 5.25. The molecule has 0 unspecified atom stereocenters. The van der Waals surface area contributed by atoms with Gasteiger partial charge in [-0.05, 0) is 50.1 Å². The Kier molecular flexibility index (Phi) is 6.82. The summed E-state index contributed by atoms with van der Waals surface area (Å²) < 4.78 is 1.75. The van der Waals surface area contributed by atoms with Crippen LogP contribution in [0.5, 0.6) is 0 Å². The van der Waals surface area contributed by atoms with Gasteiger partial charge in [-0.15, -0.1) is 0 Å². The Bertz CT molecular complexity index is 1120. The lowest BCUT2D eigenvalue weighted by Crippen LogP contribution is -2.38. The van der Waals surface area contributed by atoms with E-state index in [1.165, 1.54) is 0 Å². The number of likely N-dealkylation sites (N-methyl/N-ethyl adjacent to an activating group) is 1. The van der Waals surface area contributed by atoms with Crippen molar-refractivity contribution in [2.75, 3.05) is 18.4 Å². The fourth-order valence-electron chi connectivity index (χ4n) is 3.46. The van der Waals surface area contributed by atoms with Crippen molar-refractivity contribution in [2.45, 2.75) is 47.0 Å². The molecule has 0 spiro atoms. The highest BCUT2D eigenvalue weighted by Gasteiger charge is 2.23. The van der Waals surface area contributed by atoms with Gasteiger partial charge in [0.1, 0.15) is 12.4 Å². The molecule has 32 heavy (non-hydrogen) atoms. The van der Waals surface area contributed by atoms with Crippen molar-refractivity contribution in [1.82, 2.24) is 14.7 Å². The molecule has 2 aromatic carbocycles. The Hall–Kier alpha value is -3.41. The normalized spacial score (nSPS) is 11.3. The molecular formula is C26H32N4O2. The maximum atomic E-state index is 13.0. The average Bonchev–Trinajstić information content (AvgIpc) is 3.16. The molecule has 0 bridgehead atoms. The largest absolute Gasteiger partial charge is 0.330 e. The van der Waals surface area contributed by atoms with E-state index in [1.54, 1.807) is 15.6 Å². The number of nitrogens with zero attached hydrogens (tertiary/aromatic N) is 3. The fraction of sp³-hybridized carbons (Fsp3) is 0.346. The minimum absolute atomic E-state index is 0.0342. The number of carbonyl (C=O) groups excluding carboxylic acids is 2. The maximum Gasteiger partial charge on any atom is 0.254 e. The Labute approximate surface area is 190 Å². The van der Waals surface area contributed by atoms with Gasteiger partial charge in [0.2, 0.25) is 5.91 Å². The monoisotopic (exact) mass is 432 g/mol. The molecule has 1 N–H and O–H groups in total. The molecule has 3 aromatic rings. The topological polar surface area (TPSA) is 67.2 Å². The number of aromatic nitrogens is 2. The highest BCUT2D eigenvalue weighted by Crippen LogP contribution is 2.26. The third-order valence-electron chi connectivity index (χ3n) is 5.37. The highest BCUT2D eigenvalue weighted by atomic mass is 16.2. The molecule has 0 saturated heterocycles. The molecule has 6 nitrogen and oxygen atoms in total. The van der Waals surface area contributed by atoms with Crippen molar-refractivity contribution in [3.63, 3.8) is 0 Å². The summed E-state index contributed by atoms with van der Waals surface area (Å²) in [5, 5.41) is 7.74. The molecule has 168 valence electrons. The molecule has 1 heterocycles. The lowest BCUT2D eigenvalue weighted by molar-refractivity contribution is -0.116. The summed E-state index contributed by atoms with van der Waals surface area (Å²) in [6.07, 6.45) is 0. The molecule has 0 saturated carbocycles. The van der Waals surface area contributed by atoms with Gasteiger partial charge in [0.25, 0.3) is 5.91 Å². The highest BCUT2D eigenvalue weighted by molar-refractivity contribution is 6.00. The van der Waals surface area contributed by atoms with Crippen LogP contribution in [-0.2, 0) is 10.2 Å². The second-order valence-electron chi connectivity index (χ2n) is 9.10. The summed E-state index contributed by atoms with van der Waals surface area (Å²) in [6.45, 7) is 12.4. The average molecular weight is 433 g/mol. The zero-order valence-electron chi connectivity index (χ0n) is 19.8. The smallest absolute Gasteiger partial charge is 0.254 e. The van der Waals surface area contributed by atoms with Gasteiger partial charge in [0.05, 0.1) is 11.4 Å². The van der Waals surface area contributed by atoms with Crippen LogP contribution in [0.3, 0.4) is 0 Å². The van der Waals surface area contributed by atoms with Crippen LogP contribution >= 0.6 is 0 Å². The first-order chi connectivity index (χ1) is 15.1. The van der Waals surface area contributed by atoms with Crippen LogP contribution in [-0.4, -0.2) is 39.6 Å². The van der Waals surface area contributed by atoms with Gasteiger partial charge in [0.15, 0.2) is 0 Å². The summed E-state index contributed by atoms with van der Waals surface area (Å²) >= 11 is 0. The third-order valence-corrected chi connectivity index (χ3v) is 5.37. The first kappa shape index (κ1) is 23.3. The van der Waals surface area contributed by atoms with E-state index in [1.807, 2.05) is 69.3 Å². The summed E-state index contributed by atoms with van der Waals surface area (Å²) in [5.41, 5.74) is 4.18. The number of benzene rings is 2. The SMILES string of the molecule is CCN(CC(=O)Nc1cc(C(C)(C)C)nn1-c1cccc(C)c1)C(=O)c1ccccc1C. The summed E-state index contributed by atoms with van der Waals surface area (Å²) in [5.74, 6) is 0.177. The van der Waals surface area contributed by atoms with E-state index in [9.17, 15) is 9.59 Å². The van der Waals surface area contributed by atoms with Gasteiger partial charge in [0, 0.05) is 23.6 Å². The molecule has 0 aliphatic carbocycles. The number of carbonyl (C=O) groups is 2. The maximum absolute atomic E-state index is 13.0. The van der Waals surface area contributed by atoms with Crippen molar-refractivity contribution >= 4 is 17.6 Å². The number of nitrogens with one attached hydrogen (secondary N) is 1. The molecule has 0 aliphatic heterocycles. The number of anilines is 1. The number of hydrogen-bond acceptors (Lipinski definition) is 3. The Morgan fingerprint density at radius 1 is 1.03 bits per heavy atom. The number of rotatable bonds is 6. The summed E-state index contributed by atoms with van der Waals surface area (Å²) in [4.78, 5) is 27.5. The van der Waals surface area contributed by atoms with E-state index in [0.29, 0.717) is 17.9 Å². The van der Waals surface area contributed by atoms with Crippen LogP contribution in [0.15, 0.2) is 54.6 Å². The van der Waals surface area contributed by atoms with E-state index in [0.717, 1.165) is 22.5 Å². The van der Waals surface area contributed by atoms with E-state index in [-0.39, 0.29) is 23.8 Å². The molecule has 0 fully saturated rings. The van der Waals surface area contributed by atoms with E-state index in [4.69, 9.17) is 5.10 Å². The molecule has 0 aliphatic rings. The van der Waals surface area contributed by atoms with Gasteiger partial charge in [-0.1, -0.05) is 51.1 Å². The van der Waals surface area contributed by atoms with E-state index < -0.39 is 0 Å². The Balaban J connectivity index is 1.85. The number of amides is 2. The molecule has 0 radical (unpaired) electrons. The molecule has 1 aromatic heterocycles. The first-order valence-electron chi connectivity index (χ1n) is 10.9. The lowest BCUT2D eigenvalue weighted by atomic mass is 9.92. The summed E-state index contributed by atoms with van der Waals surface area (Å²) in [7, 11) is 0. The molecule has 3 rings (SSSR count). The van der Waals surface area contributed by atoms with Crippen molar-refractivity contribution < 1.29 is 9.59 Å². The van der Waals surface area contributed by atoms with Crippen molar-refractivity contribution in [2.24, 2.45) is 0 Å². The van der Waals surface area contributed by atoms with E-state index >= 15 is 0 Å². The quantitative estimate of drug-likeness (QED) is 0.603. The van der Waals surface area contributed by atoms with E-state index in [2.05, 4.69) is 26.1 Å². The molecule has 0 atom stereocenters. The molecule has 6 heteroatoms. The van der Waals surface area contributed by atoms with Crippen LogP contribution in [0, 0.1) is 13.8 Å². The van der Waals surface area contributed by atoms with Crippen LogP contribution in [0.25, 0.3) is 5.69 Å². The fourth-order valence-corrected chi connectivity index (χ4v) is 3.46. The van der Waals surface area contributed by atoms with Crippen LogP contribution in [0.2, 0.25) is 0 Å². The van der Waals surface area contributed by atoms with Crippen molar-refractivity contribution in [3.8, 4) is 5.69 Å². The minimum atomic E-state index is -0.261. The molecular weight excluding hydrogens is 400 g/mol. The zero-order valence-corrected chi connectivity index (χ0v) is 19.8. The predicted molar refractivity (Wildman–Crippen MR) is 128 cm³/mol. The van der Waals surface area contributed by atoms with Crippen molar-refractivity contribution in [1.29, 1.82) is 0 Å². The van der Waals surface area contributed by atoms with Crippen molar-refractivity contribution in [3.05, 3.63) is 77.0 Å². The van der Waals surface area contributed by atoms with Crippen LogP contribution < -0.4 is 5.32 Å². The standard InChI is InChI=1S/C26H32N4O2/c1-7-29(25(32)21-14-9-8-12-19(21)3)17-24(31)27-23-16-22(26(4,5)6)28-30(23)20-13-10-11-18(2)15-20/h8-16H,7,17H2,1-6H3,(H,27,31). The van der Waals surface area contributed by atoms with Gasteiger partial charge >= 0.3 is 0 Å². The van der Waals surface area contributed by atoms with Gasteiger partial charge in [-0.25, -0.2) is 4.68 Å². The number of aryl methyl sites for hydroxylation is 2. The van der Waals surface area contributed by atoms with Gasteiger partial charge in [-0.3, -0.25) is 9.59 Å². The summed E-state index contributed by atoms with van der Waals surface area (Å²) in [6, 6.07) is 17.3. The van der Waals surface area contributed by atoms with Gasteiger partial charge in [-0.2, -0.15) is 5.10 Å². The number of hydrogen-bond donors (Lipinski definition) is 1. The second-order valence-corrected chi connectivity index (χ2v) is 9.10. The lowest BCUT2D eigenvalue weighted by Gasteiger charge is -2.21. The minimum Gasteiger partial charge on any atom is -0.330 e. The second kappa shape index (κ2) is 9.39. The Morgan fingerprint density at radius 2 is 1.75 bits per heavy atom.